The third kappa shape index (κ3) is 4.97. The third-order valence-electron chi connectivity index (χ3n) is 3.04. The number of methoxy groups -OCH3 is 1. The Morgan fingerprint density at radius 1 is 1.14 bits per heavy atom. The molecule has 0 saturated heterocycles. The van der Waals surface area contributed by atoms with Crippen LogP contribution >= 0.6 is 11.6 Å². The van der Waals surface area contributed by atoms with Crippen LogP contribution in [0.25, 0.3) is 0 Å². The van der Waals surface area contributed by atoms with Crippen molar-refractivity contribution in [2.24, 2.45) is 0 Å². The van der Waals surface area contributed by atoms with Crippen LogP contribution in [0, 0.1) is 0 Å². The zero-order valence-corrected chi connectivity index (χ0v) is 13.1. The molecule has 1 amide bonds. The highest BCUT2D eigenvalue weighted by atomic mass is 35.5. The minimum Gasteiger partial charge on any atom is -0.497 e. The quantitative estimate of drug-likeness (QED) is 0.798. The number of nitrogens with one attached hydrogen (secondary N) is 1. The lowest BCUT2D eigenvalue weighted by molar-refractivity contribution is -0.120. The predicted octanol–water partition coefficient (Wildman–Crippen LogP) is 3.09. The molecule has 22 heavy (non-hydrogen) atoms. The number of hydrogen-bond donors (Lipinski definition) is 1. The van der Waals surface area contributed by atoms with Gasteiger partial charge in [0.15, 0.2) is 0 Å². The predicted molar refractivity (Wildman–Crippen MR) is 86.7 cm³/mol. The van der Waals surface area contributed by atoms with Crippen molar-refractivity contribution in [3.05, 3.63) is 59.1 Å². The largest absolute Gasteiger partial charge is 0.497 e. The van der Waals surface area contributed by atoms with Gasteiger partial charge in [-0.05, 0) is 23.8 Å². The van der Waals surface area contributed by atoms with E-state index in [1.807, 2.05) is 36.4 Å². The zero-order valence-electron chi connectivity index (χ0n) is 12.3. The first kappa shape index (κ1) is 16.2. The second-order valence-corrected chi connectivity index (χ2v) is 5.05. The molecule has 0 atom stereocenters. The maximum atomic E-state index is 11.8. The van der Waals surface area contributed by atoms with Crippen molar-refractivity contribution in [3.8, 4) is 11.5 Å². The molecule has 0 aliphatic heterocycles. The van der Waals surface area contributed by atoms with Crippen molar-refractivity contribution < 1.29 is 14.3 Å². The molecular weight excluding hydrogens is 302 g/mol. The fourth-order valence-corrected chi connectivity index (χ4v) is 2.13. The molecule has 2 rings (SSSR count). The van der Waals surface area contributed by atoms with Crippen molar-refractivity contribution in [2.45, 2.75) is 6.42 Å². The first-order valence-corrected chi connectivity index (χ1v) is 7.34. The van der Waals surface area contributed by atoms with Gasteiger partial charge in [-0.1, -0.05) is 35.9 Å². The summed E-state index contributed by atoms with van der Waals surface area (Å²) in [5.41, 5.74) is 0.815. The molecule has 0 heterocycles. The van der Waals surface area contributed by atoms with Gasteiger partial charge in [-0.2, -0.15) is 0 Å². The molecule has 116 valence electrons. The van der Waals surface area contributed by atoms with Crippen LogP contribution in [0.15, 0.2) is 48.5 Å². The average Bonchev–Trinajstić information content (AvgIpc) is 2.54. The summed E-state index contributed by atoms with van der Waals surface area (Å²) in [5.74, 6) is 1.36. The van der Waals surface area contributed by atoms with Crippen molar-refractivity contribution in [1.82, 2.24) is 5.32 Å². The average molecular weight is 320 g/mol. The first-order chi connectivity index (χ1) is 10.7. The highest BCUT2D eigenvalue weighted by molar-refractivity contribution is 6.31. The topological polar surface area (TPSA) is 47.6 Å². The number of carbonyl (C=O) groups excluding carboxylic acids is 1. The van der Waals surface area contributed by atoms with Crippen LogP contribution < -0.4 is 14.8 Å². The lowest BCUT2D eigenvalue weighted by atomic mass is 10.1. The fraction of sp³-hybridized carbons (Fsp3) is 0.235. The van der Waals surface area contributed by atoms with Gasteiger partial charge in [-0.25, -0.2) is 0 Å². The summed E-state index contributed by atoms with van der Waals surface area (Å²) in [6.07, 6.45) is 0.263. The van der Waals surface area contributed by atoms with Crippen molar-refractivity contribution in [1.29, 1.82) is 0 Å². The molecule has 5 heteroatoms. The van der Waals surface area contributed by atoms with Gasteiger partial charge in [0.1, 0.15) is 18.1 Å². The third-order valence-corrected chi connectivity index (χ3v) is 3.41. The van der Waals surface area contributed by atoms with Gasteiger partial charge in [-0.3, -0.25) is 4.79 Å². The Morgan fingerprint density at radius 2 is 1.91 bits per heavy atom. The molecule has 0 aliphatic carbocycles. The molecule has 0 fully saturated rings. The van der Waals surface area contributed by atoms with Gasteiger partial charge >= 0.3 is 0 Å². The second-order valence-electron chi connectivity index (χ2n) is 4.65. The number of rotatable bonds is 7. The summed E-state index contributed by atoms with van der Waals surface area (Å²) >= 11 is 6.02. The van der Waals surface area contributed by atoms with Crippen LogP contribution in [-0.4, -0.2) is 26.2 Å². The number of hydrogen-bond acceptors (Lipinski definition) is 3. The molecule has 0 radical (unpaired) electrons. The normalized spacial score (nSPS) is 10.1. The lowest BCUT2D eigenvalue weighted by Crippen LogP contribution is -2.29. The van der Waals surface area contributed by atoms with E-state index in [2.05, 4.69) is 5.32 Å². The number of ether oxygens (including phenoxy) is 2. The van der Waals surface area contributed by atoms with Crippen LogP contribution in [0.3, 0.4) is 0 Å². The van der Waals surface area contributed by atoms with Crippen LogP contribution in [-0.2, 0) is 11.2 Å². The number of benzene rings is 2. The molecule has 0 saturated carbocycles. The monoisotopic (exact) mass is 319 g/mol. The van der Waals surface area contributed by atoms with Crippen LogP contribution in [0.4, 0.5) is 0 Å². The van der Waals surface area contributed by atoms with Gasteiger partial charge in [0, 0.05) is 11.1 Å². The van der Waals surface area contributed by atoms with Gasteiger partial charge < -0.3 is 14.8 Å². The summed E-state index contributed by atoms with van der Waals surface area (Å²) in [4.78, 5) is 11.8. The van der Waals surface area contributed by atoms with E-state index < -0.39 is 0 Å². The molecule has 4 nitrogen and oxygen atoms in total. The van der Waals surface area contributed by atoms with Gasteiger partial charge in [0.25, 0.3) is 0 Å². The van der Waals surface area contributed by atoms with Crippen LogP contribution in [0.2, 0.25) is 5.02 Å². The Labute approximate surface area is 135 Å². The van der Waals surface area contributed by atoms with Gasteiger partial charge in [0.05, 0.1) is 20.1 Å². The van der Waals surface area contributed by atoms with E-state index in [1.54, 1.807) is 19.2 Å². The Bertz CT molecular complexity index is 631. The molecule has 1 N–H and O–H groups in total. The highest BCUT2D eigenvalue weighted by Crippen LogP contribution is 2.18. The molecule has 2 aromatic rings. The molecule has 0 aliphatic rings. The van der Waals surface area contributed by atoms with E-state index in [1.165, 1.54) is 0 Å². The molecule has 0 spiro atoms. The summed E-state index contributed by atoms with van der Waals surface area (Å²) in [5, 5.41) is 3.41. The number of carbonyl (C=O) groups is 1. The maximum Gasteiger partial charge on any atom is 0.224 e. The Kier molecular flexibility index (Phi) is 6.10. The number of halogens is 1. The highest BCUT2D eigenvalue weighted by Gasteiger charge is 2.06. The van der Waals surface area contributed by atoms with E-state index in [-0.39, 0.29) is 12.3 Å². The number of amides is 1. The van der Waals surface area contributed by atoms with E-state index in [9.17, 15) is 4.79 Å². The fourth-order valence-electron chi connectivity index (χ4n) is 1.93. The Morgan fingerprint density at radius 3 is 2.68 bits per heavy atom. The minimum atomic E-state index is -0.0812. The molecule has 2 aromatic carbocycles. The summed E-state index contributed by atoms with van der Waals surface area (Å²) in [6, 6.07) is 14.7. The lowest BCUT2D eigenvalue weighted by Gasteiger charge is -2.09. The Balaban J connectivity index is 1.72. The zero-order chi connectivity index (χ0) is 15.8. The summed E-state index contributed by atoms with van der Waals surface area (Å²) < 4.78 is 10.7. The SMILES string of the molecule is COc1cccc(OCCNC(=O)Cc2ccccc2Cl)c1. The summed E-state index contributed by atoms with van der Waals surface area (Å²) in [6.45, 7) is 0.821. The van der Waals surface area contributed by atoms with E-state index >= 15 is 0 Å². The first-order valence-electron chi connectivity index (χ1n) is 6.96. The van der Waals surface area contributed by atoms with Crippen LogP contribution in [0.5, 0.6) is 11.5 Å². The van der Waals surface area contributed by atoms with Crippen molar-refractivity contribution in [3.63, 3.8) is 0 Å². The van der Waals surface area contributed by atoms with Gasteiger partial charge in [-0.15, -0.1) is 0 Å². The second kappa shape index (κ2) is 8.29. The molecular formula is C17H18ClNO3. The molecule has 0 bridgehead atoms. The maximum absolute atomic E-state index is 11.8. The minimum absolute atomic E-state index is 0.0812. The summed E-state index contributed by atoms with van der Waals surface area (Å²) in [7, 11) is 1.61. The Hall–Kier alpha value is -2.20. The van der Waals surface area contributed by atoms with E-state index in [0.29, 0.717) is 23.9 Å². The molecule has 0 aromatic heterocycles. The van der Waals surface area contributed by atoms with Gasteiger partial charge in [0.2, 0.25) is 5.91 Å². The molecule has 0 unspecified atom stereocenters. The van der Waals surface area contributed by atoms with E-state index in [4.69, 9.17) is 21.1 Å². The van der Waals surface area contributed by atoms with Crippen LogP contribution in [0.1, 0.15) is 5.56 Å². The van der Waals surface area contributed by atoms with E-state index in [0.717, 1.165) is 11.3 Å². The standard InChI is InChI=1S/C17H18ClNO3/c1-21-14-6-4-7-15(12-14)22-10-9-19-17(20)11-13-5-2-3-8-16(13)18/h2-8,12H,9-11H2,1H3,(H,19,20). The van der Waals surface area contributed by atoms with Crippen molar-refractivity contribution in [2.75, 3.05) is 20.3 Å². The van der Waals surface area contributed by atoms with Crippen molar-refractivity contribution >= 4 is 17.5 Å². The smallest absolute Gasteiger partial charge is 0.224 e.